The summed E-state index contributed by atoms with van der Waals surface area (Å²) in [5, 5.41) is 9.11. The van der Waals surface area contributed by atoms with Crippen LogP contribution in [0.1, 0.15) is 6.42 Å². The minimum absolute atomic E-state index is 0.192. The molecule has 0 aromatic carbocycles. The largest absolute Gasteiger partial charge is 0.457 e. The van der Waals surface area contributed by atoms with Crippen LogP contribution in [0, 0.1) is 0 Å². The maximum absolute atomic E-state index is 10.6. The van der Waals surface area contributed by atoms with E-state index in [1.54, 1.807) is 0 Å². The molecule has 0 aliphatic carbocycles. The van der Waals surface area contributed by atoms with E-state index in [9.17, 15) is 4.79 Å². The fourth-order valence-electron chi connectivity index (χ4n) is 1.35. The quantitative estimate of drug-likeness (QED) is 0.446. The summed E-state index contributed by atoms with van der Waals surface area (Å²) in [6.07, 6.45) is -0.909. The number of aliphatic hydroxyl groups is 1. The van der Waals surface area contributed by atoms with Crippen molar-refractivity contribution in [3.05, 3.63) is 0 Å². The summed E-state index contributed by atoms with van der Waals surface area (Å²) in [7, 11) is 0. The Morgan fingerprint density at radius 1 is 1.60 bits per heavy atom. The molecule has 0 aromatic heterocycles. The number of hydrogen-bond donors (Lipinski definition) is 1. The molecule has 0 bridgehead atoms. The van der Waals surface area contributed by atoms with Crippen LogP contribution in [0.15, 0.2) is 0 Å². The number of fused-ring (bicyclic) bond motifs is 1. The molecule has 2 aliphatic heterocycles. The summed E-state index contributed by atoms with van der Waals surface area (Å²) in [4.78, 5) is 10.6. The van der Waals surface area contributed by atoms with Crippen LogP contribution in [0.2, 0.25) is 0 Å². The molecular formula is C6H8O4. The first-order chi connectivity index (χ1) is 4.77. The van der Waals surface area contributed by atoms with Gasteiger partial charge in [-0.15, -0.1) is 0 Å². The Labute approximate surface area is 57.7 Å². The molecule has 0 saturated carbocycles. The first-order valence-corrected chi connectivity index (χ1v) is 3.26. The lowest BCUT2D eigenvalue weighted by Gasteiger charge is -2.07. The van der Waals surface area contributed by atoms with E-state index in [0.29, 0.717) is 13.0 Å². The average molecular weight is 144 g/mol. The number of rotatable bonds is 0. The highest BCUT2D eigenvalue weighted by Crippen LogP contribution is 2.26. The summed E-state index contributed by atoms with van der Waals surface area (Å²) < 4.78 is 9.85. The van der Waals surface area contributed by atoms with Gasteiger partial charge in [0.15, 0.2) is 6.10 Å². The molecule has 2 fully saturated rings. The topological polar surface area (TPSA) is 55.8 Å². The van der Waals surface area contributed by atoms with Gasteiger partial charge in [-0.05, 0) is 0 Å². The first-order valence-electron chi connectivity index (χ1n) is 3.26. The van der Waals surface area contributed by atoms with E-state index in [1.165, 1.54) is 0 Å². The van der Waals surface area contributed by atoms with E-state index < -0.39 is 12.2 Å². The summed E-state index contributed by atoms with van der Waals surface area (Å²) in [6, 6.07) is 0. The van der Waals surface area contributed by atoms with Gasteiger partial charge < -0.3 is 14.6 Å². The van der Waals surface area contributed by atoms with Gasteiger partial charge in [-0.25, -0.2) is 0 Å². The van der Waals surface area contributed by atoms with Crippen molar-refractivity contribution < 1.29 is 19.4 Å². The fourth-order valence-corrected chi connectivity index (χ4v) is 1.35. The third-order valence-electron chi connectivity index (χ3n) is 1.86. The van der Waals surface area contributed by atoms with Crippen LogP contribution in [0.4, 0.5) is 0 Å². The van der Waals surface area contributed by atoms with Crippen LogP contribution in [0.25, 0.3) is 0 Å². The summed E-state index contributed by atoms with van der Waals surface area (Å²) in [5.41, 5.74) is 0. The molecule has 2 saturated heterocycles. The van der Waals surface area contributed by atoms with Gasteiger partial charge in [0, 0.05) is 0 Å². The monoisotopic (exact) mass is 144 g/mol. The lowest BCUT2D eigenvalue weighted by molar-refractivity contribution is -0.144. The lowest BCUT2D eigenvalue weighted by Crippen LogP contribution is -2.26. The smallest absolute Gasteiger partial charge is 0.309 e. The molecule has 0 spiro atoms. The zero-order valence-electron chi connectivity index (χ0n) is 5.32. The van der Waals surface area contributed by atoms with E-state index >= 15 is 0 Å². The van der Waals surface area contributed by atoms with Crippen molar-refractivity contribution in [3.8, 4) is 0 Å². The third-order valence-corrected chi connectivity index (χ3v) is 1.86. The molecule has 0 radical (unpaired) electrons. The zero-order valence-corrected chi connectivity index (χ0v) is 5.32. The van der Waals surface area contributed by atoms with Gasteiger partial charge in [0.1, 0.15) is 12.2 Å². The number of aliphatic hydroxyl groups excluding tert-OH is 1. The third kappa shape index (κ3) is 0.726. The molecule has 0 aromatic rings. The molecule has 1 N–H and O–H groups in total. The molecule has 2 aliphatic rings. The van der Waals surface area contributed by atoms with E-state index in [2.05, 4.69) is 0 Å². The van der Waals surface area contributed by atoms with Gasteiger partial charge in [0.05, 0.1) is 13.0 Å². The van der Waals surface area contributed by atoms with Gasteiger partial charge in [-0.1, -0.05) is 0 Å². The molecule has 0 unspecified atom stereocenters. The number of ether oxygens (including phenoxy) is 2. The van der Waals surface area contributed by atoms with Gasteiger partial charge in [0.2, 0.25) is 0 Å². The maximum atomic E-state index is 10.6. The standard InChI is InChI=1S/C6H8O4/c7-3-2-9-4-1-5(8)10-6(3)4/h3-4,6-7H,1-2H2/t3-,4+,6-/m0/s1. The van der Waals surface area contributed by atoms with Crippen LogP contribution in [-0.2, 0) is 14.3 Å². The summed E-state index contributed by atoms with van der Waals surface area (Å²) in [5.74, 6) is -0.270. The Balaban J connectivity index is 2.12. The van der Waals surface area contributed by atoms with E-state index in [0.717, 1.165) is 0 Å². The van der Waals surface area contributed by atoms with Crippen molar-refractivity contribution >= 4 is 5.97 Å². The van der Waals surface area contributed by atoms with Gasteiger partial charge >= 0.3 is 5.97 Å². The Morgan fingerprint density at radius 2 is 2.40 bits per heavy atom. The number of hydrogen-bond acceptors (Lipinski definition) is 4. The molecular weight excluding hydrogens is 136 g/mol. The number of carbonyl (C=O) groups is 1. The number of carbonyl (C=O) groups excluding carboxylic acids is 1. The van der Waals surface area contributed by atoms with E-state index in [4.69, 9.17) is 14.6 Å². The molecule has 0 amide bonds. The van der Waals surface area contributed by atoms with Crippen LogP contribution in [0.3, 0.4) is 0 Å². The predicted molar refractivity (Wildman–Crippen MR) is 30.2 cm³/mol. The Bertz CT molecular complexity index is 167. The molecule has 10 heavy (non-hydrogen) atoms. The minimum Gasteiger partial charge on any atom is -0.457 e. The Morgan fingerprint density at radius 3 is 3.10 bits per heavy atom. The van der Waals surface area contributed by atoms with Crippen molar-refractivity contribution in [3.63, 3.8) is 0 Å². The highest BCUT2D eigenvalue weighted by Gasteiger charge is 2.45. The highest BCUT2D eigenvalue weighted by molar-refractivity contribution is 5.72. The van der Waals surface area contributed by atoms with Crippen molar-refractivity contribution in [1.29, 1.82) is 0 Å². The summed E-state index contributed by atoms with van der Waals surface area (Å²) >= 11 is 0. The molecule has 56 valence electrons. The van der Waals surface area contributed by atoms with Gasteiger partial charge in [-0.2, -0.15) is 0 Å². The summed E-state index contributed by atoms with van der Waals surface area (Å²) in [6.45, 7) is 0.294. The van der Waals surface area contributed by atoms with E-state index in [-0.39, 0.29) is 12.1 Å². The van der Waals surface area contributed by atoms with Crippen LogP contribution >= 0.6 is 0 Å². The van der Waals surface area contributed by atoms with Crippen molar-refractivity contribution in [2.45, 2.75) is 24.7 Å². The highest BCUT2D eigenvalue weighted by atomic mass is 16.6. The lowest BCUT2D eigenvalue weighted by atomic mass is 10.1. The van der Waals surface area contributed by atoms with Crippen LogP contribution in [-0.4, -0.2) is 36.0 Å². The second-order valence-electron chi connectivity index (χ2n) is 2.60. The number of esters is 1. The van der Waals surface area contributed by atoms with Crippen molar-refractivity contribution in [1.82, 2.24) is 0 Å². The van der Waals surface area contributed by atoms with Gasteiger partial charge in [0.25, 0.3) is 0 Å². The molecule has 4 heteroatoms. The van der Waals surface area contributed by atoms with E-state index in [1.807, 2.05) is 0 Å². The predicted octanol–water partition coefficient (Wildman–Crippen LogP) is -0.938. The molecule has 4 nitrogen and oxygen atoms in total. The normalized spacial score (nSPS) is 45.3. The first kappa shape index (κ1) is 6.12. The van der Waals surface area contributed by atoms with Crippen molar-refractivity contribution in [2.75, 3.05) is 6.61 Å². The fraction of sp³-hybridized carbons (Fsp3) is 0.833. The Hall–Kier alpha value is -0.610. The SMILES string of the molecule is O=C1C[C@H]2OC[C@H](O)[C@@H]2O1. The minimum atomic E-state index is -0.614. The maximum Gasteiger partial charge on any atom is 0.309 e. The average Bonchev–Trinajstić information content (AvgIpc) is 2.35. The van der Waals surface area contributed by atoms with Crippen LogP contribution < -0.4 is 0 Å². The van der Waals surface area contributed by atoms with Crippen molar-refractivity contribution in [2.24, 2.45) is 0 Å². The molecule has 2 rings (SSSR count). The molecule has 2 heterocycles. The second kappa shape index (κ2) is 1.93. The zero-order chi connectivity index (χ0) is 7.14. The van der Waals surface area contributed by atoms with Crippen LogP contribution in [0.5, 0.6) is 0 Å². The Kier molecular flexibility index (Phi) is 1.18. The second-order valence-corrected chi connectivity index (χ2v) is 2.60. The van der Waals surface area contributed by atoms with Gasteiger partial charge in [-0.3, -0.25) is 4.79 Å². The molecule has 3 atom stereocenters.